The van der Waals surface area contributed by atoms with Crippen molar-refractivity contribution >= 4 is 44.8 Å². The highest BCUT2D eigenvalue weighted by Crippen LogP contribution is 2.25. The molecule has 0 atom stereocenters. The number of hydrogen-bond donors (Lipinski definition) is 2. The number of hydrogen-bond acceptors (Lipinski definition) is 3. The van der Waals surface area contributed by atoms with E-state index >= 15 is 0 Å². The van der Waals surface area contributed by atoms with Crippen LogP contribution in [0, 0.1) is 0 Å². The molecule has 0 unspecified atom stereocenters. The van der Waals surface area contributed by atoms with Crippen molar-refractivity contribution in [1.82, 2.24) is 4.98 Å². The fraction of sp³-hybridized carbons (Fsp3) is 0.0769. The van der Waals surface area contributed by atoms with E-state index in [1.165, 1.54) is 0 Å². The van der Waals surface area contributed by atoms with Crippen molar-refractivity contribution in [2.24, 2.45) is 0 Å². The van der Waals surface area contributed by atoms with Crippen molar-refractivity contribution in [1.29, 1.82) is 0 Å². The Bertz CT molecular complexity index is 601. The van der Waals surface area contributed by atoms with Crippen LogP contribution in [-0.4, -0.2) is 17.9 Å². The van der Waals surface area contributed by atoms with E-state index in [1.807, 2.05) is 0 Å². The number of halogens is 2. The lowest BCUT2D eigenvalue weighted by molar-refractivity contribution is 0.102. The van der Waals surface area contributed by atoms with Crippen LogP contribution in [-0.2, 0) is 0 Å². The van der Waals surface area contributed by atoms with Gasteiger partial charge in [-0.15, -0.1) is 0 Å². The van der Waals surface area contributed by atoms with Gasteiger partial charge in [-0.2, -0.15) is 0 Å². The molecule has 2 rings (SSSR count). The van der Waals surface area contributed by atoms with Gasteiger partial charge in [0.1, 0.15) is 5.69 Å². The van der Waals surface area contributed by atoms with Crippen molar-refractivity contribution in [2.45, 2.75) is 0 Å². The lowest BCUT2D eigenvalue weighted by Crippen LogP contribution is -2.13. The topological polar surface area (TPSA) is 54.0 Å². The average Bonchev–Trinajstić information content (AvgIpc) is 2.42. The first-order valence-electron chi connectivity index (χ1n) is 5.50. The molecule has 2 aromatic rings. The molecule has 0 saturated carbocycles. The lowest BCUT2D eigenvalue weighted by Gasteiger charge is -2.07. The first-order valence-corrected chi connectivity index (χ1v) is 6.67. The third-order valence-corrected chi connectivity index (χ3v) is 3.27. The number of benzene rings is 1. The minimum Gasteiger partial charge on any atom is -0.387 e. The quantitative estimate of drug-likeness (QED) is 0.894. The van der Waals surface area contributed by atoms with E-state index in [0.717, 1.165) is 10.2 Å². The molecular formula is C13H11BrClN3O. The summed E-state index contributed by atoms with van der Waals surface area (Å²) in [4.78, 5) is 16.1. The highest BCUT2D eigenvalue weighted by atomic mass is 79.9. The standard InChI is InChI=1S/C13H11BrClN3O/c1-16-9-3-5-12(17-7-9)13(19)18-11-4-2-8(14)6-10(11)15/h2-7,16H,1H3,(H,18,19). The Morgan fingerprint density at radius 2 is 2.11 bits per heavy atom. The van der Waals surface area contributed by atoms with Crippen LogP contribution in [0.15, 0.2) is 41.0 Å². The summed E-state index contributed by atoms with van der Waals surface area (Å²) in [5.41, 5.74) is 1.73. The summed E-state index contributed by atoms with van der Waals surface area (Å²) in [7, 11) is 1.79. The second-order valence-electron chi connectivity index (χ2n) is 3.76. The summed E-state index contributed by atoms with van der Waals surface area (Å²) < 4.78 is 0.854. The molecule has 19 heavy (non-hydrogen) atoms. The van der Waals surface area contributed by atoms with Gasteiger partial charge in [0.25, 0.3) is 5.91 Å². The van der Waals surface area contributed by atoms with Crippen LogP contribution in [0.5, 0.6) is 0 Å². The number of nitrogens with one attached hydrogen (secondary N) is 2. The van der Waals surface area contributed by atoms with Crippen molar-refractivity contribution < 1.29 is 4.79 Å². The maximum atomic E-state index is 12.0. The first-order chi connectivity index (χ1) is 9.10. The monoisotopic (exact) mass is 339 g/mol. The van der Waals surface area contributed by atoms with Gasteiger partial charge in [-0.1, -0.05) is 27.5 Å². The van der Waals surface area contributed by atoms with E-state index < -0.39 is 0 Å². The zero-order valence-electron chi connectivity index (χ0n) is 10.1. The van der Waals surface area contributed by atoms with E-state index in [1.54, 1.807) is 43.6 Å². The predicted molar refractivity (Wildman–Crippen MR) is 80.9 cm³/mol. The van der Waals surface area contributed by atoms with Gasteiger partial charge in [0.05, 0.1) is 22.6 Å². The Balaban J connectivity index is 2.15. The normalized spacial score (nSPS) is 10.1. The van der Waals surface area contributed by atoms with E-state index in [9.17, 15) is 4.79 Å². The molecule has 0 saturated heterocycles. The molecule has 98 valence electrons. The molecule has 4 nitrogen and oxygen atoms in total. The van der Waals surface area contributed by atoms with Gasteiger partial charge in [-0.3, -0.25) is 4.79 Å². The number of aromatic nitrogens is 1. The Morgan fingerprint density at radius 1 is 1.32 bits per heavy atom. The SMILES string of the molecule is CNc1ccc(C(=O)Nc2ccc(Br)cc2Cl)nc1. The Kier molecular flexibility index (Phi) is 4.39. The van der Waals surface area contributed by atoms with Crippen LogP contribution in [0.3, 0.4) is 0 Å². The Labute approximate surface area is 124 Å². The number of rotatable bonds is 3. The van der Waals surface area contributed by atoms with Crippen molar-refractivity contribution in [3.8, 4) is 0 Å². The first kappa shape index (κ1) is 13.8. The van der Waals surface area contributed by atoms with Crippen LogP contribution in [0.4, 0.5) is 11.4 Å². The van der Waals surface area contributed by atoms with E-state index in [-0.39, 0.29) is 5.91 Å². The van der Waals surface area contributed by atoms with Crippen molar-refractivity contribution in [3.63, 3.8) is 0 Å². The molecule has 1 aromatic heterocycles. The molecule has 0 aliphatic carbocycles. The van der Waals surface area contributed by atoms with Gasteiger partial charge in [0.2, 0.25) is 0 Å². The molecule has 0 bridgehead atoms. The summed E-state index contributed by atoms with van der Waals surface area (Å²) in [5.74, 6) is -0.299. The average molecular weight is 341 g/mol. The highest BCUT2D eigenvalue weighted by molar-refractivity contribution is 9.10. The van der Waals surface area contributed by atoms with Gasteiger partial charge < -0.3 is 10.6 Å². The molecule has 6 heteroatoms. The molecule has 0 aliphatic heterocycles. The molecule has 0 aliphatic rings. The maximum Gasteiger partial charge on any atom is 0.274 e. The largest absolute Gasteiger partial charge is 0.387 e. The summed E-state index contributed by atoms with van der Waals surface area (Å²) in [6, 6.07) is 8.68. The summed E-state index contributed by atoms with van der Waals surface area (Å²) in [5, 5.41) is 6.12. The second kappa shape index (κ2) is 6.04. The third-order valence-electron chi connectivity index (χ3n) is 2.46. The fourth-order valence-corrected chi connectivity index (χ4v) is 2.17. The van der Waals surface area contributed by atoms with E-state index in [0.29, 0.717) is 16.4 Å². The zero-order valence-corrected chi connectivity index (χ0v) is 12.4. The molecule has 0 radical (unpaired) electrons. The second-order valence-corrected chi connectivity index (χ2v) is 5.08. The molecule has 1 aromatic carbocycles. The molecule has 1 amide bonds. The minimum atomic E-state index is -0.299. The molecular weight excluding hydrogens is 330 g/mol. The molecule has 0 fully saturated rings. The lowest BCUT2D eigenvalue weighted by atomic mass is 10.3. The van der Waals surface area contributed by atoms with Gasteiger partial charge in [-0.25, -0.2) is 4.98 Å². The van der Waals surface area contributed by atoms with E-state index in [2.05, 4.69) is 31.5 Å². The summed E-state index contributed by atoms with van der Waals surface area (Å²) in [6.45, 7) is 0. The van der Waals surface area contributed by atoms with Crippen molar-refractivity contribution in [3.05, 3.63) is 51.7 Å². The van der Waals surface area contributed by atoms with E-state index in [4.69, 9.17) is 11.6 Å². The predicted octanol–water partition coefficient (Wildman–Crippen LogP) is 3.79. The number of carbonyl (C=O) groups is 1. The van der Waals surface area contributed by atoms with Gasteiger partial charge >= 0.3 is 0 Å². The number of amides is 1. The molecule has 0 spiro atoms. The highest BCUT2D eigenvalue weighted by Gasteiger charge is 2.09. The Morgan fingerprint density at radius 3 is 2.68 bits per heavy atom. The zero-order chi connectivity index (χ0) is 13.8. The van der Waals surface area contributed by atoms with Gasteiger partial charge in [0, 0.05) is 11.5 Å². The smallest absolute Gasteiger partial charge is 0.274 e. The van der Waals surface area contributed by atoms with Gasteiger partial charge in [0.15, 0.2) is 0 Å². The van der Waals surface area contributed by atoms with Crippen molar-refractivity contribution in [2.75, 3.05) is 17.7 Å². The number of pyridine rings is 1. The van der Waals surface area contributed by atoms with Crippen LogP contribution in [0.1, 0.15) is 10.5 Å². The number of anilines is 2. The molecule has 1 heterocycles. The maximum absolute atomic E-state index is 12.0. The van der Waals surface area contributed by atoms with Crippen LogP contribution in [0.25, 0.3) is 0 Å². The summed E-state index contributed by atoms with van der Waals surface area (Å²) in [6.07, 6.45) is 1.60. The fourth-order valence-electron chi connectivity index (χ4n) is 1.45. The number of nitrogens with zero attached hydrogens (tertiary/aromatic N) is 1. The van der Waals surface area contributed by atoms with Crippen LogP contribution >= 0.6 is 27.5 Å². The third kappa shape index (κ3) is 3.45. The van der Waals surface area contributed by atoms with Crippen LogP contribution < -0.4 is 10.6 Å². The van der Waals surface area contributed by atoms with Crippen LogP contribution in [0.2, 0.25) is 5.02 Å². The minimum absolute atomic E-state index is 0.299. The summed E-state index contributed by atoms with van der Waals surface area (Å²) >= 11 is 9.34. The Hall–Kier alpha value is -1.59. The van der Waals surface area contributed by atoms with Gasteiger partial charge in [-0.05, 0) is 30.3 Å². The number of carbonyl (C=O) groups excluding carboxylic acids is 1. The molecule has 2 N–H and O–H groups in total.